The molecule has 0 saturated carbocycles. The summed E-state index contributed by atoms with van der Waals surface area (Å²) >= 11 is 6.27. The lowest BCUT2D eigenvalue weighted by molar-refractivity contribution is -0.131. The molecule has 2 aromatic heterocycles. The summed E-state index contributed by atoms with van der Waals surface area (Å²) in [7, 11) is 0. The number of carbonyl (C=O) groups is 2. The van der Waals surface area contributed by atoms with E-state index in [2.05, 4.69) is 15.3 Å². The van der Waals surface area contributed by atoms with Crippen molar-refractivity contribution in [1.29, 1.82) is 0 Å². The first-order valence-electron chi connectivity index (χ1n) is 8.99. The van der Waals surface area contributed by atoms with Crippen molar-refractivity contribution in [1.82, 2.24) is 24.9 Å². The fraction of sp³-hybridized carbons (Fsp3) is 0.263. The molecule has 29 heavy (non-hydrogen) atoms. The third-order valence-electron chi connectivity index (χ3n) is 4.91. The second-order valence-electron chi connectivity index (χ2n) is 6.75. The predicted molar refractivity (Wildman–Crippen MR) is 104 cm³/mol. The minimum Gasteiger partial charge on any atom is -0.477 e. The molecular formula is C19H17ClFN5O3. The van der Waals surface area contributed by atoms with Crippen LogP contribution in [0.4, 0.5) is 4.39 Å². The Balaban J connectivity index is 1.57. The third-order valence-corrected chi connectivity index (χ3v) is 5.22. The van der Waals surface area contributed by atoms with Crippen molar-refractivity contribution >= 4 is 40.0 Å². The van der Waals surface area contributed by atoms with Crippen molar-refractivity contribution in [2.75, 3.05) is 13.1 Å². The van der Waals surface area contributed by atoms with E-state index in [-0.39, 0.29) is 40.7 Å². The molecule has 1 aliphatic rings. The zero-order valence-electron chi connectivity index (χ0n) is 15.2. The second-order valence-corrected chi connectivity index (χ2v) is 7.15. The van der Waals surface area contributed by atoms with Gasteiger partial charge in [-0.05, 0) is 24.1 Å². The number of benzene rings is 1. The van der Waals surface area contributed by atoms with Crippen LogP contribution in [0.5, 0.6) is 0 Å². The van der Waals surface area contributed by atoms with Crippen LogP contribution in [0.3, 0.4) is 0 Å². The molecule has 0 atom stereocenters. The zero-order chi connectivity index (χ0) is 20.5. The highest BCUT2D eigenvalue weighted by atomic mass is 35.5. The number of carboxylic acid groups (broad SMARTS) is 1. The zero-order valence-corrected chi connectivity index (χ0v) is 16.0. The molecule has 10 heteroatoms. The Labute approximate surface area is 169 Å². The molecule has 0 saturated heterocycles. The number of aryl methyl sites for hydroxylation is 1. The number of halogens is 2. The van der Waals surface area contributed by atoms with Gasteiger partial charge in [-0.25, -0.2) is 9.18 Å². The monoisotopic (exact) mass is 417 g/mol. The molecule has 1 aliphatic heterocycles. The maximum atomic E-state index is 15.1. The lowest BCUT2D eigenvalue weighted by Crippen LogP contribution is -2.36. The van der Waals surface area contributed by atoms with Crippen molar-refractivity contribution in [2.24, 2.45) is 0 Å². The lowest BCUT2D eigenvalue weighted by Gasteiger charge is -2.28. The molecule has 0 unspecified atom stereocenters. The van der Waals surface area contributed by atoms with E-state index in [0.717, 1.165) is 0 Å². The summed E-state index contributed by atoms with van der Waals surface area (Å²) in [6, 6.07) is 2.79. The van der Waals surface area contributed by atoms with E-state index in [0.29, 0.717) is 30.5 Å². The van der Waals surface area contributed by atoms with Crippen molar-refractivity contribution in [3.63, 3.8) is 0 Å². The quantitative estimate of drug-likeness (QED) is 0.664. The molecule has 0 fully saturated rings. The molecule has 0 bridgehead atoms. The molecule has 4 rings (SSSR count). The SMILES string of the molecule is O=C(O)c1cc2c(Cl)cc(C3=CCCN(C(=O)CCn4ccnn4)C3)c(F)c2[nH]1. The van der Waals surface area contributed by atoms with Crippen LogP contribution < -0.4 is 0 Å². The molecule has 2 N–H and O–H groups in total. The predicted octanol–water partition coefficient (Wildman–Crippen LogP) is 2.96. The highest BCUT2D eigenvalue weighted by molar-refractivity contribution is 6.35. The van der Waals surface area contributed by atoms with Gasteiger partial charge >= 0.3 is 5.97 Å². The van der Waals surface area contributed by atoms with Gasteiger partial charge in [0, 0.05) is 36.7 Å². The number of hydrogen-bond donors (Lipinski definition) is 2. The van der Waals surface area contributed by atoms with Crippen molar-refractivity contribution in [2.45, 2.75) is 19.4 Å². The van der Waals surface area contributed by atoms with E-state index in [9.17, 15) is 9.59 Å². The number of amides is 1. The van der Waals surface area contributed by atoms with E-state index in [1.54, 1.807) is 22.0 Å². The summed E-state index contributed by atoms with van der Waals surface area (Å²) in [5.41, 5.74) is 0.800. The van der Waals surface area contributed by atoms with E-state index < -0.39 is 11.8 Å². The fourth-order valence-electron chi connectivity index (χ4n) is 3.44. The minimum absolute atomic E-state index is 0.0421. The molecule has 0 radical (unpaired) electrons. The van der Waals surface area contributed by atoms with Crippen molar-refractivity contribution < 1.29 is 19.1 Å². The maximum Gasteiger partial charge on any atom is 0.352 e. The van der Waals surface area contributed by atoms with Gasteiger partial charge in [-0.15, -0.1) is 5.10 Å². The highest BCUT2D eigenvalue weighted by Gasteiger charge is 2.23. The van der Waals surface area contributed by atoms with Crippen LogP contribution in [0.15, 0.2) is 30.6 Å². The Morgan fingerprint density at radius 2 is 2.17 bits per heavy atom. The number of aromatic carboxylic acids is 1. The first kappa shape index (κ1) is 19.1. The number of aromatic amines is 1. The molecule has 8 nitrogen and oxygen atoms in total. The lowest BCUT2D eigenvalue weighted by atomic mass is 9.99. The number of carboxylic acids is 1. The number of carbonyl (C=O) groups excluding carboxylic acids is 1. The molecular weight excluding hydrogens is 401 g/mol. The summed E-state index contributed by atoms with van der Waals surface area (Å²) in [6.07, 6.45) is 5.96. The minimum atomic E-state index is -1.20. The summed E-state index contributed by atoms with van der Waals surface area (Å²) < 4.78 is 16.7. The van der Waals surface area contributed by atoms with Crippen LogP contribution in [0.25, 0.3) is 16.5 Å². The van der Waals surface area contributed by atoms with Crippen LogP contribution in [-0.4, -0.2) is 55.0 Å². The van der Waals surface area contributed by atoms with Gasteiger partial charge in [0.25, 0.3) is 0 Å². The molecule has 3 aromatic rings. The first-order chi connectivity index (χ1) is 13.9. The smallest absolute Gasteiger partial charge is 0.352 e. The molecule has 0 aliphatic carbocycles. The van der Waals surface area contributed by atoms with Gasteiger partial charge in [-0.1, -0.05) is 22.9 Å². The number of nitrogens with one attached hydrogen (secondary N) is 1. The summed E-state index contributed by atoms with van der Waals surface area (Å²) in [5, 5.41) is 17.2. The fourth-order valence-corrected chi connectivity index (χ4v) is 3.70. The van der Waals surface area contributed by atoms with E-state index in [4.69, 9.17) is 16.7 Å². The van der Waals surface area contributed by atoms with Gasteiger partial charge in [-0.3, -0.25) is 9.48 Å². The highest BCUT2D eigenvalue weighted by Crippen LogP contribution is 2.34. The van der Waals surface area contributed by atoms with Gasteiger partial charge in [-0.2, -0.15) is 0 Å². The van der Waals surface area contributed by atoms with E-state index in [1.807, 2.05) is 6.08 Å². The van der Waals surface area contributed by atoms with Crippen molar-refractivity contribution in [3.8, 4) is 0 Å². The second kappa shape index (κ2) is 7.67. The van der Waals surface area contributed by atoms with Gasteiger partial charge in [0.05, 0.1) is 23.3 Å². The topological polar surface area (TPSA) is 104 Å². The number of fused-ring (bicyclic) bond motifs is 1. The Morgan fingerprint density at radius 3 is 2.90 bits per heavy atom. The molecule has 3 heterocycles. The van der Waals surface area contributed by atoms with Crippen LogP contribution in [0.1, 0.15) is 28.9 Å². The van der Waals surface area contributed by atoms with Crippen LogP contribution in [0.2, 0.25) is 5.02 Å². The average Bonchev–Trinajstić information content (AvgIpc) is 3.39. The number of hydrogen-bond acceptors (Lipinski definition) is 4. The van der Waals surface area contributed by atoms with Crippen LogP contribution >= 0.6 is 11.6 Å². The third kappa shape index (κ3) is 3.73. The summed E-state index contributed by atoms with van der Waals surface area (Å²) in [4.78, 5) is 28.0. The number of aromatic nitrogens is 4. The number of rotatable bonds is 5. The van der Waals surface area contributed by atoms with Gasteiger partial charge in [0.1, 0.15) is 5.69 Å². The number of H-pyrrole nitrogens is 1. The standard InChI is InChI=1S/C19H17ClFN5O3/c20-14-8-12(17(21)18-13(14)9-15(23-18)19(28)29)11-2-1-5-25(10-11)16(27)3-6-26-7-4-22-24-26/h2,4,7-9,23H,1,3,5-6,10H2,(H,28,29). The normalized spacial score (nSPS) is 14.3. The van der Waals surface area contributed by atoms with Gasteiger partial charge < -0.3 is 15.0 Å². The van der Waals surface area contributed by atoms with Crippen molar-refractivity contribution in [3.05, 3.63) is 52.7 Å². The van der Waals surface area contributed by atoms with E-state index >= 15 is 4.39 Å². The molecule has 150 valence electrons. The Hall–Kier alpha value is -3.20. The Kier molecular flexibility index (Phi) is 5.06. The molecule has 1 amide bonds. The van der Waals surface area contributed by atoms with Crippen LogP contribution in [0, 0.1) is 5.82 Å². The maximum absolute atomic E-state index is 15.1. The Bertz CT molecular complexity index is 1120. The molecule has 1 aromatic carbocycles. The molecule has 0 spiro atoms. The van der Waals surface area contributed by atoms with E-state index in [1.165, 1.54) is 12.1 Å². The Morgan fingerprint density at radius 1 is 1.34 bits per heavy atom. The summed E-state index contributed by atoms with van der Waals surface area (Å²) in [6.45, 7) is 1.21. The largest absolute Gasteiger partial charge is 0.477 e. The number of nitrogens with zero attached hydrogens (tertiary/aromatic N) is 4. The van der Waals surface area contributed by atoms with Gasteiger partial charge in [0.2, 0.25) is 5.91 Å². The average molecular weight is 418 g/mol. The van der Waals surface area contributed by atoms with Gasteiger partial charge in [0.15, 0.2) is 5.82 Å². The summed E-state index contributed by atoms with van der Waals surface area (Å²) in [5.74, 6) is -1.84. The van der Waals surface area contributed by atoms with Crippen LogP contribution in [-0.2, 0) is 11.3 Å². The first-order valence-corrected chi connectivity index (χ1v) is 9.37.